The van der Waals surface area contributed by atoms with Crippen LogP contribution >= 0.6 is 0 Å². The summed E-state index contributed by atoms with van der Waals surface area (Å²) in [6, 6.07) is 0. The number of nitrogens with zero attached hydrogens (tertiary/aromatic N) is 2. The summed E-state index contributed by atoms with van der Waals surface area (Å²) >= 11 is 0. The lowest BCUT2D eigenvalue weighted by Crippen LogP contribution is -2.28. The van der Waals surface area contributed by atoms with Crippen LogP contribution in [-0.4, -0.2) is 21.6 Å². The topological polar surface area (TPSA) is 73.1 Å². The fourth-order valence-electron chi connectivity index (χ4n) is 2.27. The molecule has 1 aliphatic rings. The van der Waals surface area contributed by atoms with Gasteiger partial charge in [-0.25, -0.2) is 4.98 Å². The molecule has 0 unspecified atom stereocenters. The number of hydrogen-bond acceptors (Lipinski definition) is 5. The van der Waals surface area contributed by atoms with Crippen molar-refractivity contribution in [3.8, 4) is 5.88 Å². The molecule has 5 heteroatoms. The predicted molar refractivity (Wildman–Crippen MR) is 77.3 cm³/mol. The molecule has 0 aliphatic heterocycles. The van der Waals surface area contributed by atoms with Crippen LogP contribution in [0.2, 0.25) is 0 Å². The second kappa shape index (κ2) is 5.63. The van der Waals surface area contributed by atoms with Gasteiger partial charge in [0.25, 0.3) is 0 Å². The fourth-order valence-corrected chi connectivity index (χ4v) is 2.27. The monoisotopic (exact) mass is 264 g/mol. The third-order valence-electron chi connectivity index (χ3n) is 3.17. The van der Waals surface area contributed by atoms with Gasteiger partial charge in [0.15, 0.2) is 5.82 Å². The molecule has 106 valence electrons. The standard InChI is InChI=1S/C14H24N4O/c1-14(2,3)18-12-11(15)13(17-9-16-12)19-10-7-5-4-6-8-10/h9-10H,4-8,15H2,1-3H3,(H,16,17,18). The summed E-state index contributed by atoms with van der Waals surface area (Å²) < 4.78 is 5.93. The minimum Gasteiger partial charge on any atom is -0.473 e. The number of ether oxygens (including phenoxy) is 1. The minimum absolute atomic E-state index is 0.0927. The molecule has 0 spiro atoms. The van der Waals surface area contributed by atoms with Crippen LogP contribution < -0.4 is 15.8 Å². The Morgan fingerprint density at radius 3 is 2.53 bits per heavy atom. The lowest BCUT2D eigenvalue weighted by Gasteiger charge is -2.25. The van der Waals surface area contributed by atoms with Crippen LogP contribution in [0.25, 0.3) is 0 Å². The van der Waals surface area contributed by atoms with E-state index in [1.165, 1.54) is 25.6 Å². The zero-order chi connectivity index (χ0) is 13.9. The maximum atomic E-state index is 6.10. The summed E-state index contributed by atoms with van der Waals surface area (Å²) in [7, 11) is 0. The van der Waals surface area contributed by atoms with Crippen molar-refractivity contribution in [3.63, 3.8) is 0 Å². The van der Waals surface area contributed by atoms with E-state index >= 15 is 0 Å². The molecule has 0 amide bonds. The first-order valence-corrected chi connectivity index (χ1v) is 7.01. The third-order valence-corrected chi connectivity index (χ3v) is 3.17. The molecule has 2 rings (SSSR count). The normalized spacial score (nSPS) is 17.2. The first-order chi connectivity index (χ1) is 8.96. The summed E-state index contributed by atoms with van der Waals surface area (Å²) in [5, 5.41) is 3.27. The number of nitrogens with one attached hydrogen (secondary N) is 1. The molecule has 0 bridgehead atoms. The quantitative estimate of drug-likeness (QED) is 0.878. The Balaban J connectivity index is 2.10. The molecule has 0 atom stereocenters. The molecule has 1 aromatic rings. The third kappa shape index (κ3) is 3.98. The van der Waals surface area contributed by atoms with Gasteiger partial charge < -0.3 is 15.8 Å². The van der Waals surface area contributed by atoms with Crippen LogP contribution in [0, 0.1) is 0 Å². The average molecular weight is 264 g/mol. The lowest BCUT2D eigenvalue weighted by atomic mass is 9.98. The average Bonchev–Trinajstić information content (AvgIpc) is 2.34. The van der Waals surface area contributed by atoms with E-state index in [2.05, 4.69) is 36.1 Å². The Labute approximate surface area is 115 Å². The number of aromatic nitrogens is 2. The van der Waals surface area contributed by atoms with E-state index in [0.29, 0.717) is 17.4 Å². The van der Waals surface area contributed by atoms with Crippen LogP contribution in [-0.2, 0) is 0 Å². The molecule has 5 nitrogen and oxygen atoms in total. The van der Waals surface area contributed by atoms with Gasteiger partial charge in [-0.1, -0.05) is 6.42 Å². The predicted octanol–water partition coefficient (Wildman–Crippen LogP) is 2.98. The van der Waals surface area contributed by atoms with Crippen LogP contribution in [0.4, 0.5) is 11.5 Å². The lowest BCUT2D eigenvalue weighted by molar-refractivity contribution is 0.149. The Kier molecular flexibility index (Phi) is 4.12. The van der Waals surface area contributed by atoms with E-state index in [4.69, 9.17) is 10.5 Å². The summed E-state index contributed by atoms with van der Waals surface area (Å²) in [6.07, 6.45) is 7.68. The Morgan fingerprint density at radius 1 is 1.21 bits per heavy atom. The van der Waals surface area contributed by atoms with E-state index in [-0.39, 0.29) is 11.6 Å². The van der Waals surface area contributed by atoms with Gasteiger partial charge in [0.2, 0.25) is 5.88 Å². The number of rotatable bonds is 3. The van der Waals surface area contributed by atoms with Crippen molar-refractivity contribution < 1.29 is 4.74 Å². The van der Waals surface area contributed by atoms with Crippen molar-refractivity contribution in [3.05, 3.63) is 6.33 Å². The van der Waals surface area contributed by atoms with Crippen LogP contribution in [0.5, 0.6) is 5.88 Å². The highest BCUT2D eigenvalue weighted by Crippen LogP contribution is 2.30. The van der Waals surface area contributed by atoms with Crippen LogP contribution in [0.1, 0.15) is 52.9 Å². The van der Waals surface area contributed by atoms with Gasteiger partial charge in [0.05, 0.1) is 0 Å². The van der Waals surface area contributed by atoms with E-state index in [1.54, 1.807) is 0 Å². The van der Waals surface area contributed by atoms with Gasteiger partial charge in [-0.15, -0.1) is 0 Å². The van der Waals surface area contributed by atoms with Gasteiger partial charge in [0, 0.05) is 5.54 Å². The molecule has 1 aromatic heterocycles. The second-order valence-corrected chi connectivity index (χ2v) is 6.19. The minimum atomic E-state index is -0.0927. The highest BCUT2D eigenvalue weighted by Gasteiger charge is 2.20. The summed E-state index contributed by atoms with van der Waals surface area (Å²) in [5.74, 6) is 1.15. The zero-order valence-corrected chi connectivity index (χ0v) is 12.1. The van der Waals surface area contributed by atoms with Gasteiger partial charge in [-0.05, 0) is 46.5 Å². The summed E-state index contributed by atoms with van der Waals surface area (Å²) in [4.78, 5) is 8.35. The van der Waals surface area contributed by atoms with Crippen molar-refractivity contribution in [2.24, 2.45) is 0 Å². The summed E-state index contributed by atoms with van der Waals surface area (Å²) in [5.41, 5.74) is 6.51. The van der Waals surface area contributed by atoms with Crippen molar-refractivity contribution in [2.45, 2.75) is 64.5 Å². The van der Waals surface area contributed by atoms with E-state index in [9.17, 15) is 0 Å². The number of nitrogen functional groups attached to an aromatic ring is 1. The van der Waals surface area contributed by atoms with Crippen LogP contribution in [0.15, 0.2) is 6.33 Å². The zero-order valence-electron chi connectivity index (χ0n) is 12.1. The molecule has 19 heavy (non-hydrogen) atoms. The van der Waals surface area contributed by atoms with E-state index in [0.717, 1.165) is 12.8 Å². The first kappa shape index (κ1) is 13.9. The molecular formula is C14H24N4O. The van der Waals surface area contributed by atoms with Gasteiger partial charge in [0.1, 0.15) is 18.1 Å². The van der Waals surface area contributed by atoms with Crippen LogP contribution in [0.3, 0.4) is 0 Å². The van der Waals surface area contributed by atoms with Crippen molar-refractivity contribution in [2.75, 3.05) is 11.1 Å². The molecular weight excluding hydrogens is 240 g/mol. The number of anilines is 2. The van der Waals surface area contributed by atoms with E-state index < -0.39 is 0 Å². The highest BCUT2D eigenvalue weighted by atomic mass is 16.5. The molecule has 0 radical (unpaired) electrons. The number of nitrogens with two attached hydrogens (primary N) is 1. The molecule has 1 heterocycles. The van der Waals surface area contributed by atoms with Gasteiger partial charge >= 0.3 is 0 Å². The Hall–Kier alpha value is -1.52. The smallest absolute Gasteiger partial charge is 0.242 e. The SMILES string of the molecule is CC(C)(C)Nc1ncnc(OC2CCCCC2)c1N. The highest BCUT2D eigenvalue weighted by molar-refractivity contribution is 5.67. The van der Waals surface area contributed by atoms with Crippen molar-refractivity contribution in [1.82, 2.24) is 9.97 Å². The molecule has 0 aromatic carbocycles. The molecule has 0 saturated heterocycles. The van der Waals surface area contributed by atoms with Crippen molar-refractivity contribution in [1.29, 1.82) is 0 Å². The Morgan fingerprint density at radius 2 is 1.89 bits per heavy atom. The number of hydrogen-bond donors (Lipinski definition) is 2. The molecule has 1 aliphatic carbocycles. The largest absolute Gasteiger partial charge is 0.473 e. The fraction of sp³-hybridized carbons (Fsp3) is 0.714. The second-order valence-electron chi connectivity index (χ2n) is 6.19. The Bertz CT molecular complexity index is 422. The molecule has 3 N–H and O–H groups in total. The van der Waals surface area contributed by atoms with Crippen molar-refractivity contribution >= 4 is 11.5 Å². The first-order valence-electron chi connectivity index (χ1n) is 7.01. The van der Waals surface area contributed by atoms with E-state index in [1.807, 2.05) is 0 Å². The molecule has 1 saturated carbocycles. The summed E-state index contributed by atoms with van der Waals surface area (Å²) in [6.45, 7) is 6.20. The maximum absolute atomic E-state index is 6.10. The van der Waals surface area contributed by atoms with Gasteiger partial charge in [-0.3, -0.25) is 0 Å². The van der Waals surface area contributed by atoms with Gasteiger partial charge in [-0.2, -0.15) is 4.98 Å². The maximum Gasteiger partial charge on any atom is 0.242 e. The molecule has 1 fully saturated rings.